The van der Waals surface area contributed by atoms with Crippen molar-refractivity contribution < 1.29 is 5.11 Å². The molecule has 0 aliphatic carbocycles. The van der Waals surface area contributed by atoms with Crippen LogP contribution in [0.2, 0.25) is 0 Å². The molecule has 1 rings (SSSR count). The van der Waals surface area contributed by atoms with Gasteiger partial charge in [0.25, 0.3) is 0 Å². The first-order valence-corrected chi connectivity index (χ1v) is 6.75. The van der Waals surface area contributed by atoms with Crippen LogP contribution < -0.4 is 0 Å². The molecule has 0 aliphatic rings. The van der Waals surface area contributed by atoms with E-state index in [-0.39, 0.29) is 6.10 Å². The van der Waals surface area contributed by atoms with Crippen LogP contribution in [0.5, 0.6) is 0 Å². The lowest BCUT2D eigenvalue weighted by Crippen LogP contribution is -2.10. The summed E-state index contributed by atoms with van der Waals surface area (Å²) in [5.74, 6) is 0. The third-order valence-corrected chi connectivity index (χ3v) is 2.99. The summed E-state index contributed by atoms with van der Waals surface area (Å²) in [6, 6.07) is 0. The van der Waals surface area contributed by atoms with Crippen molar-refractivity contribution in [2.45, 2.75) is 64.4 Å². The molecule has 1 aromatic heterocycles. The average Bonchev–Trinajstić information content (AvgIpc) is 2.69. The van der Waals surface area contributed by atoms with Crippen LogP contribution in [-0.4, -0.2) is 26.2 Å². The van der Waals surface area contributed by atoms with Crippen molar-refractivity contribution in [2.75, 3.05) is 0 Å². The van der Waals surface area contributed by atoms with Gasteiger partial charge in [-0.05, 0) is 6.42 Å². The maximum atomic E-state index is 9.84. The van der Waals surface area contributed by atoms with Gasteiger partial charge < -0.3 is 5.11 Å². The Hall–Kier alpha value is -0.900. The van der Waals surface area contributed by atoms with Gasteiger partial charge in [-0.2, -0.15) is 0 Å². The van der Waals surface area contributed by atoms with Crippen molar-refractivity contribution in [3.05, 3.63) is 11.9 Å². The third-order valence-electron chi connectivity index (χ3n) is 2.99. The zero-order valence-corrected chi connectivity index (χ0v) is 11.1. The number of aliphatic hydroxyl groups excluding tert-OH is 1. The highest BCUT2D eigenvalue weighted by atomic mass is 16.3. The molecule has 98 valence electrons. The van der Waals surface area contributed by atoms with Crippen LogP contribution in [0.1, 0.15) is 57.6 Å². The topological polar surface area (TPSA) is 50.9 Å². The molecule has 17 heavy (non-hydrogen) atoms. The molecular weight excluding hydrogens is 214 g/mol. The minimum atomic E-state index is -0.266. The van der Waals surface area contributed by atoms with Gasteiger partial charge in [0, 0.05) is 19.7 Å². The van der Waals surface area contributed by atoms with Gasteiger partial charge in [-0.25, -0.2) is 0 Å². The van der Waals surface area contributed by atoms with Crippen LogP contribution in [0.25, 0.3) is 0 Å². The minimum absolute atomic E-state index is 0.266. The van der Waals surface area contributed by atoms with Crippen LogP contribution in [0, 0.1) is 0 Å². The first-order chi connectivity index (χ1) is 8.22. The van der Waals surface area contributed by atoms with Crippen LogP contribution in [-0.2, 0) is 13.5 Å². The molecule has 0 fully saturated rings. The minimum Gasteiger partial charge on any atom is -0.393 e. The van der Waals surface area contributed by atoms with Gasteiger partial charge >= 0.3 is 0 Å². The molecule has 0 saturated carbocycles. The smallest absolute Gasteiger partial charge is 0.0852 e. The van der Waals surface area contributed by atoms with Crippen LogP contribution in [0.4, 0.5) is 0 Å². The van der Waals surface area contributed by atoms with Crippen molar-refractivity contribution in [1.29, 1.82) is 0 Å². The van der Waals surface area contributed by atoms with E-state index in [4.69, 9.17) is 0 Å². The zero-order chi connectivity index (χ0) is 12.5. The lowest BCUT2D eigenvalue weighted by molar-refractivity contribution is 0.159. The summed E-state index contributed by atoms with van der Waals surface area (Å²) in [5, 5.41) is 17.7. The predicted octanol–water partition coefficient (Wildman–Crippen LogP) is 2.47. The van der Waals surface area contributed by atoms with Gasteiger partial charge in [0.15, 0.2) is 0 Å². The second-order valence-electron chi connectivity index (χ2n) is 4.80. The summed E-state index contributed by atoms with van der Waals surface area (Å²) in [4.78, 5) is 0. The van der Waals surface area contributed by atoms with E-state index < -0.39 is 0 Å². The van der Waals surface area contributed by atoms with E-state index in [1.165, 1.54) is 32.1 Å². The lowest BCUT2D eigenvalue weighted by atomic mass is 10.0. The van der Waals surface area contributed by atoms with Crippen molar-refractivity contribution in [2.24, 2.45) is 7.05 Å². The number of aliphatic hydroxyl groups is 1. The molecule has 0 amide bonds. The Balaban J connectivity index is 2.03. The Morgan fingerprint density at radius 3 is 2.59 bits per heavy atom. The van der Waals surface area contributed by atoms with Gasteiger partial charge in [0.05, 0.1) is 11.8 Å². The molecule has 1 heterocycles. The van der Waals surface area contributed by atoms with E-state index in [9.17, 15) is 5.11 Å². The Morgan fingerprint density at radius 1 is 1.24 bits per heavy atom. The maximum absolute atomic E-state index is 9.84. The molecule has 4 heteroatoms. The van der Waals surface area contributed by atoms with Crippen molar-refractivity contribution in [3.63, 3.8) is 0 Å². The normalized spacial score (nSPS) is 12.9. The quantitative estimate of drug-likeness (QED) is 0.673. The summed E-state index contributed by atoms with van der Waals surface area (Å²) >= 11 is 0. The van der Waals surface area contributed by atoms with E-state index >= 15 is 0 Å². The number of unbranched alkanes of at least 4 members (excludes halogenated alkanes) is 5. The summed E-state index contributed by atoms with van der Waals surface area (Å²) in [7, 11) is 1.84. The molecule has 1 unspecified atom stereocenters. The zero-order valence-electron chi connectivity index (χ0n) is 11.1. The predicted molar refractivity (Wildman–Crippen MR) is 68.7 cm³/mol. The van der Waals surface area contributed by atoms with Gasteiger partial charge in [0.1, 0.15) is 0 Å². The van der Waals surface area contributed by atoms with E-state index in [0.717, 1.165) is 18.5 Å². The van der Waals surface area contributed by atoms with Gasteiger partial charge in [0.2, 0.25) is 0 Å². The molecule has 1 N–H and O–H groups in total. The Bertz CT molecular complexity index is 299. The Labute approximate surface area is 104 Å². The highest BCUT2D eigenvalue weighted by molar-refractivity contribution is 4.93. The fourth-order valence-electron chi connectivity index (χ4n) is 1.99. The molecule has 4 nitrogen and oxygen atoms in total. The highest BCUT2D eigenvalue weighted by Gasteiger charge is 2.07. The molecule has 0 aromatic carbocycles. The molecule has 1 atom stereocenters. The van der Waals surface area contributed by atoms with Crippen molar-refractivity contribution >= 4 is 0 Å². The van der Waals surface area contributed by atoms with Crippen LogP contribution >= 0.6 is 0 Å². The summed E-state index contributed by atoms with van der Waals surface area (Å²) in [6.45, 7) is 2.23. The third kappa shape index (κ3) is 6.41. The largest absolute Gasteiger partial charge is 0.393 e. The number of hydrogen-bond donors (Lipinski definition) is 1. The highest BCUT2D eigenvalue weighted by Crippen LogP contribution is 2.10. The first-order valence-electron chi connectivity index (χ1n) is 6.75. The Kier molecular flexibility index (Phi) is 6.86. The summed E-state index contributed by atoms with van der Waals surface area (Å²) in [5.41, 5.74) is 0.881. The molecule has 1 aromatic rings. The molecule has 0 aliphatic heterocycles. The molecular formula is C13H25N3O. The fraction of sp³-hybridized carbons (Fsp3) is 0.846. The van der Waals surface area contributed by atoms with E-state index in [1.807, 2.05) is 13.2 Å². The number of nitrogens with zero attached hydrogens (tertiary/aromatic N) is 3. The molecule has 0 spiro atoms. The monoisotopic (exact) mass is 239 g/mol. The lowest BCUT2D eigenvalue weighted by Gasteiger charge is -2.08. The van der Waals surface area contributed by atoms with E-state index in [2.05, 4.69) is 17.2 Å². The number of aryl methyl sites for hydroxylation is 1. The van der Waals surface area contributed by atoms with Gasteiger partial charge in [-0.3, -0.25) is 4.68 Å². The number of hydrogen-bond acceptors (Lipinski definition) is 3. The average molecular weight is 239 g/mol. The fourth-order valence-corrected chi connectivity index (χ4v) is 1.99. The summed E-state index contributed by atoms with van der Waals surface area (Å²) < 4.78 is 1.67. The Morgan fingerprint density at radius 2 is 1.94 bits per heavy atom. The van der Waals surface area contributed by atoms with Gasteiger partial charge in [-0.15, -0.1) is 5.10 Å². The van der Waals surface area contributed by atoms with Gasteiger partial charge in [-0.1, -0.05) is 50.7 Å². The van der Waals surface area contributed by atoms with E-state index in [0.29, 0.717) is 6.42 Å². The molecule has 0 saturated heterocycles. The maximum Gasteiger partial charge on any atom is 0.0852 e. The number of rotatable bonds is 9. The molecule has 0 radical (unpaired) electrons. The van der Waals surface area contributed by atoms with Crippen molar-refractivity contribution in [1.82, 2.24) is 15.0 Å². The second kappa shape index (κ2) is 8.23. The second-order valence-corrected chi connectivity index (χ2v) is 4.80. The van der Waals surface area contributed by atoms with Crippen LogP contribution in [0.15, 0.2) is 6.20 Å². The van der Waals surface area contributed by atoms with E-state index in [1.54, 1.807) is 4.68 Å². The summed E-state index contributed by atoms with van der Waals surface area (Å²) in [6.07, 6.45) is 10.7. The number of aromatic nitrogens is 3. The van der Waals surface area contributed by atoms with Crippen LogP contribution in [0.3, 0.4) is 0 Å². The molecule has 0 bridgehead atoms. The first kappa shape index (κ1) is 14.2. The van der Waals surface area contributed by atoms with Crippen molar-refractivity contribution in [3.8, 4) is 0 Å². The SMILES string of the molecule is CCCCCCCCC(O)Cc1cn(C)nn1. The standard InChI is InChI=1S/C13H25N3O/c1-3-4-5-6-7-8-9-13(17)10-12-11-16(2)15-14-12/h11,13,17H,3-10H2,1-2H3.